The van der Waals surface area contributed by atoms with E-state index in [0.717, 1.165) is 13.2 Å². The molecule has 1 amide bonds. The summed E-state index contributed by atoms with van der Waals surface area (Å²) in [6.45, 7) is -0.157. The third-order valence-corrected chi connectivity index (χ3v) is 2.02. The molecule has 1 aromatic rings. The van der Waals surface area contributed by atoms with Gasteiger partial charge in [-0.3, -0.25) is 15.6 Å². The van der Waals surface area contributed by atoms with E-state index in [2.05, 4.69) is 20.3 Å². The van der Waals surface area contributed by atoms with E-state index < -0.39 is 17.7 Å². The highest BCUT2D eigenvalue weighted by Gasteiger charge is 2.17. The fourth-order valence-corrected chi connectivity index (χ4v) is 1.24. The summed E-state index contributed by atoms with van der Waals surface area (Å²) in [6.07, 6.45) is 0. The van der Waals surface area contributed by atoms with Crippen molar-refractivity contribution in [1.29, 1.82) is 0 Å². The minimum atomic E-state index is -0.836. The maximum atomic E-state index is 13.5. The Balaban J connectivity index is 2.85. The molecule has 0 saturated heterocycles. The van der Waals surface area contributed by atoms with E-state index in [9.17, 15) is 14.0 Å². The normalized spacial score (nSPS) is 9.72. The molecular weight excluding hydrogens is 243 g/mol. The summed E-state index contributed by atoms with van der Waals surface area (Å²) < 4.78 is 22.5. The predicted octanol–water partition coefficient (Wildman–Crippen LogP) is 0.702. The van der Waals surface area contributed by atoms with Gasteiger partial charge in [0.05, 0.1) is 12.8 Å². The minimum absolute atomic E-state index is 0.103. The van der Waals surface area contributed by atoms with Crippen molar-refractivity contribution in [2.24, 2.45) is 0 Å². The average molecular weight is 256 g/mol. The van der Waals surface area contributed by atoms with Crippen molar-refractivity contribution >= 4 is 17.6 Å². The Morgan fingerprint density at radius 3 is 2.67 bits per heavy atom. The Labute approximate surface area is 103 Å². The van der Waals surface area contributed by atoms with Crippen LogP contribution in [0.5, 0.6) is 0 Å². The molecule has 0 aromatic heterocycles. The number of esters is 1. The van der Waals surface area contributed by atoms with Gasteiger partial charge in [0, 0.05) is 7.11 Å². The van der Waals surface area contributed by atoms with Crippen molar-refractivity contribution in [3.63, 3.8) is 0 Å². The second kappa shape index (κ2) is 6.55. The number of hydrazine groups is 1. The molecule has 98 valence electrons. The molecule has 0 aliphatic heterocycles. The van der Waals surface area contributed by atoms with Crippen LogP contribution in [0.4, 0.5) is 10.1 Å². The van der Waals surface area contributed by atoms with Crippen LogP contribution in [0.3, 0.4) is 0 Å². The van der Waals surface area contributed by atoms with Crippen LogP contribution in [-0.2, 0) is 14.3 Å². The SMILES string of the molecule is COCC(=O)NNc1cccc(F)c1C(=O)OC. The van der Waals surface area contributed by atoms with Crippen LogP contribution in [0.1, 0.15) is 10.4 Å². The van der Waals surface area contributed by atoms with Crippen LogP contribution in [0.2, 0.25) is 0 Å². The Hall–Kier alpha value is -2.15. The monoisotopic (exact) mass is 256 g/mol. The van der Waals surface area contributed by atoms with Gasteiger partial charge in [0.1, 0.15) is 18.0 Å². The van der Waals surface area contributed by atoms with E-state index in [1.54, 1.807) is 0 Å². The standard InChI is InChI=1S/C11H13FN2O4/c1-17-6-9(15)14-13-8-5-3-4-7(12)10(8)11(16)18-2/h3-5,13H,6H2,1-2H3,(H,14,15). The molecule has 0 aliphatic carbocycles. The van der Waals surface area contributed by atoms with Crippen molar-refractivity contribution in [3.8, 4) is 0 Å². The van der Waals surface area contributed by atoms with E-state index >= 15 is 0 Å². The Kier molecular flexibility index (Phi) is 5.06. The largest absolute Gasteiger partial charge is 0.465 e. The number of anilines is 1. The molecule has 6 nitrogen and oxygen atoms in total. The number of halogens is 1. The number of hydrogen-bond donors (Lipinski definition) is 2. The zero-order chi connectivity index (χ0) is 13.5. The molecule has 0 saturated carbocycles. The van der Waals surface area contributed by atoms with Crippen molar-refractivity contribution in [1.82, 2.24) is 5.43 Å². The molecule has 0 radical (unpaired) electrons. The lowest BCUT2D eigenvalue weighted by molar-refractivity contribution is -0.124. The van der Waals surface area contributed by atoms with Gasteiger partial charge >= 0.3 is 5.97 Å². The van der Waals surface area contributed by atoms with Gasteiger partial charge in [-0.25, -0.2) is 9.18 Å². The number of ether oxygens (including phenoxy) is 2. The number of amides is 1. The Morgan fingerprint density at radius 2 is 2.06 bits per heavy atom. The van der Waals surface area contributed by atoms with Gasteiger partial charge in [0.25, 0.3) is 5.91 Å². The molecular formula is C11H13FN2O4. The summed E-state index contributed by atoms with van der Waals surface area (Å²) in [6, 6.07) is 3.95. The first-order valence-corrected chi connectivity index (χ1v) is 5.00. The number of hydrogen-bond acceptors (Lipinski definition) is 5. The number of nitrogens with one attached hydrogen (secondary N) is 2. The van der Waals surface area contributed by atoms with Crippen LogP contribution >= 0.6 is 0 Å². The number of rotatable bonds is 5. The van der Waals surface area contributed by atoms with Crippen LogP contribution in [0.15, 0.2) is 18.2 Å². The average Bonchev–Trinajstić information content (AvgIpc) is 2.36. The first kappa shape index (κ1) is 13.9. The molecule has 0 spiro atoms. The summed E-state index contributed by atoms with van der Waals surface area (Å²) in [5, 5.41) is 0. The third-order valence-electron chi connectivity index (χ3n) is 2.02. The Bertz CT molecular complexity index is 451. The molecule has 0 aliphatic rings. The van der Waals surface area contributed by atoms with Gasteiger partial charge in [0.15, 0.2) is 0 Å². The fourth-order valence-electron chi connectivity index (χ4n) is 1.24. The van der Waals surface area contributed by atoms with E-state index in [4.69, 9.17) is 0 Å². The van der Waals surface area contributed by atoms with Crippen LogP contribution in [-0.4, -0.2) is 32.7 Å². The van der Waals surface area contributed by atoms with Gasteiger partial charge in [0.2, 0.25) is 0 Å². The van der Waals surface area contributed by atoms with E-state index in [1.165, 1.54) is 19.2 Å². The summed E-state index contributed by atoms with van der Waals surface area (Å²) in [5.74, 6) is -2.04. The minimum Gasteiger partial charge on any atom is -0.465 e. The highest BCUT2D eigenvalue weighted by molar-refractivity contribution is 5.96. The lowest BCUT2D eigenvalue weighted by atomic mass is 10.1. The lowest BCUT2D eigenvalue weighted by Gasteiger charge is -2.12. The third kappa shape index (κ3) is 3.42. The number of carbonyl (C=O) groups excluding carboxylic acids is 2. The molecule has 1 rings (SSSR count). The quantitative estimate of drug-likeness (QED) is 0.599. The topological polar surface area (TPSA) is 76.7 Å². The van der Waals surface area contributed by atoms with Gasteiger partial charge in [-0.05, 0) is 12.1 Å². The molecule has 7 heteroatoms. The maximum absolute atomic E-state index is 13.5. The van der Waals surface area contributed by atoms with Crippen LogP contribution in [0.25, 0.3) is 0 Å². The zero-order valence-electron chi connectivity index (χ0n) is 9.95. The zero-order valence-corrected chi connectivity index (χ0v) is 9.95. The summed E-state index contributed by atoms with van der Waals surface area (Å²) in [4.78, 5) is 22.5. The summed E-state index contributed by atoms with van der Waals surface area (Å²) >= 11 is 0. The molecule has 2 N–H and O–H groups in total. The number of carbonyl (C=O) groups is 2. The van der Waals surface area contributed by atoms with Crippen molar-refractivity contribution < 1.29 is 23.5 Å². The number of methoxy groups -OCH3 is 2. The molecule has 0 atom stereocenters. The Morgan fingerprint density at radius 1 is 1.33 bits per heavy atom. The smallest absolute Gasteiger partial charge is 0.343 e. The first-order valence-electron chi connectivity index (χ1n) is 5.00. The van der Waals surface area contributed by atoms with Crippen molar-refractivity contribution in [3.05, 3.63) is 29.6 Å². The lowest BCUT2D eigenvalue weighted by Crippen LogP contribution is -2.33. The first-order chi connectivity index (χ1) is 8.60. The molecule has 0 heterocycles. The second-order valence-electron chi connectivity index (χ2n) is 3.26. The van der Waals surface area contributed by atoms with Gasteiger partial charge in [-0.15, -0.1) is 0 Å². The highest BCUT2D eigenvalue weighted by Crippen LogP contribution is 2.19. The van der Waals surface area contributed by atoms with Crippen molar-refractivity contribution in [2.45, 2.75) is 0 Å². The predicted molar refractivity (Wildman–Crippen MR) is 61.4 cm³/mol. The molecule has 18 heavy (non-hydrogen) atoms. The highest BCUT2D eigenvalue weighted by atomic mass is 19.1. The molecule has 1 aromatic carbocycles. The summed E-state index contributed by atoms with van der Waals surface area (Å²) in [7, 11) is 2.50. The van der Waals surface area contributed by atoms with E-state index in [1.807, 2.05) is 0 Å². The molecule has 0 bridgehead atoms. The van der Waals surface area contributed by atoms with Gasteiger partial charge in [-0.2, -0.15) is 0 Å². The summed E-state index contributed by atoms with van der Waals surface area (Å²) in [5.41, 5.74) is 4.51. The van der Waals surface area contributed by atoms with Crippen LogP contribution in [0, 0.1) is 5.82 Å². The molecule has 0 fully saturated rings. The number of benzene rings is 1. The fraction of sp³-hybridized carbons (Fsp3) is 0.273. The van der Waals surface area contributed by atoms with Gasteiger partial charge in [-0.1, -0.05) is 6.07 Å². The van der Waals surface area contributed by atoms with E-state index in [-0.39, 0.29) is 17.9 Å². The molecule has 0 unspecified atom stereocenters. The van der Waals surface area contributed by atoms with Crippen LogP contribution < -0.4 is 10.9 Å². The van der Waals surface area contributed by atoms with Gasteiger partial charge < -0.3 is 9.47 Å². The maximum Gasteiger partial charge on any atom is 0.343 e. The van der Waals surface area contributed by atoms with Crippen molar-refractivity contribution in [2.75, 3.05) is 26.3 Å². The van der Waals surface area contributed by atoms with E-state index in [0.29, 0.717) is 0 Å². The second-order valence-corrected chi connectivity index (χ2v) is 3.26.